The maximum atomic E-state index is 13.2. The third-order valence-corrected chi connectivity index (χ3v) is 22.6. The number of phosphoric ester groups is 2. The maximum absolute atomic E-state index is 13.2. The molecule has 0 aromatic carbocycles. The number of phosphoric acid groups is 2. The van der Waals surface area contributed by atoms with Crippen molar-refractivity contribution in [1.29, 1.82) is 0 Å². The van der Waals surface area contributed by atoms with E-state index in [4.69, 9.17) is 37.0 Å². The highest BCUT2D eigenvalue weighted by Gasteiger charge is 2.30. The van der Waals surface area contributed by atoms with E-state index in [2.05, 4.69) is 58.9 Å². The Bertz CT molecular complexity index is 2160. The lowest BCUT2D eigenvalue weighted by Crippen LogP contribution is -2.30. The van der Waals surface area contributed by atoms with E-state index in [9.17, 15) is 43.2 Å². The normalized spacial score (nSPS) is 13.8. The van der Waals surface area contributed by atoms with Gasteiger partial charge in [0.1, 0.15) is 19.3 Å². The Morgan fingerprint density at radius 3 is 0.752 bits per heavy atom. The number of allylic oxidation sites excluding steroid dienone is 4. The summed E-state index contributed by atoms with van der Waals surface area (Å²) in [6.07, 6.45) is 80.0. The number of ether oxygens (including phenoxy) is 4. The van der Waals surface area contributed by atoms with E-state index in [0.29, 0.717) is 25.7 Å². The average Bonchev–Trinajstić information content (AvgIpc) is 0.901. The van der Waals surface area contributed by atoms with Crippen molar-refractivity contribution in [2.24, 2.45) is 5.92 Å². The molecule has 0 saturated carbocycles. The van der Waals surface area contributed by atoms with Gasteiger partial charge in [0.25, 0.3) is 0 Å². The molecule has 0 aromatic rings. The zero-order valence-electron chi connectivity index (χ0n) is 71.2. The Hall–Kier alpha value is -2.46. The molecule has 19 heteroatoms. The summed E-state index contributed by atoms with van der Waals surface area (Å²) in [6.45, 7) is 7.36. The zero-order chi connectivity index (χ0) is 79.7. The van der Waals surface area contributed by atoms with Crippen molar-refractivity contribution in [3.05, 3.63) is 24.3 Å². The molecule has 644 valence electrons. The molecule has 0 radical (unpaired) electrons. The number of hydrogen-bond donors (Lipinski definition) is 3. The second kappa shape index (κ2) is 82.1. The molecular formula is C90H172O17P2. The second-order valence-electron chi connectivity index (χ2n) is 32.1. The van der Waals surface area contributed by atoms with Crippen LogP contribution in [-0.4, -0.2) is 96.7 Å². The van der Waals surface area contributed by atoms with Crippen LogP contribution in [0.5, 0.6) is 0 Å². The number of carbonyl (C=O) groups excluding carboxylic acids is 4. The highest BCUT2D eigenvalue weighted by Crippen LogP contribution is 2.45. The predicted molar refractivity (Wildman–Crippen MR) is 451 cm³/mol. The van der Waals surface area contributed by atoms with Crippen molar-refractivity contribution in [1.82, 2.24) is 0 Å². The Morgan fingerprint density at radius 1 is 0.284 bits per heavy atom. The van der Waals surface area contributed by atoms with Crippen molar-refractivity contribution in [3.8, 4) is 0 Å². The third-order valence-electron chi connectivity index (χ3n) is 20.7. The molecule has 3 N–H and O–H groups in total. The minimum Gasteiger partial charge on any atom is -0.462 e. The van der Waals surface area contributed by atoms with Crippen LogP contribution in [0.25, 0.3) is 0 Å². The molecule has 109 heavy (non-hydrogen) atoms. The highest BCUT2D eigenvalue weighted by atomic mass is 31.2. The molecule has 0 aliphatic heterocycles. The maximum Gasteiger partial charge on any atom is 0.472 e. The van der Waals surface area contributed by atoms with E-state index >= 15 is 0 Å². The number of unbranched alkanes of at least 4 members (excludes halogenated alkanes) is 57. The Balaban J connectivity index is 5.27. The number of hydrogen-bond acceptors (Lipinski definition) is 15. The summed E-state index contributed by atoms with van der Waals surface area (Å²) in [5.41, 5.74) is 0. The van der Waals surface area contributed by atoms with E-state index in [1.165, 1.54) is 276 Å². The number of aliphatic hydroxyl groups is 1. The first kappa shape index (κ1) is 107. The smallest absolute Gasteiger partial charge is 0.462 e. The predicted octanol–water partition coefficient (Wildman–Crippen LogP) is 27.5. The van der Waals surface area contributed by atoms with Crippen molar-refractivity contribution in [2.45, 2.75) is 483 Å². The summed E-state index contributed by atoms with van der Waals surface area (Å²) in [4.78, 5) is 73.4. The van der Waals surface area contributed by atoms with E-state index in [0.717, 1.165) is 109 Å². The standard InChI is InChI=1S/C90H172O17P2/c1-6-9-12-15-18-21-24-27-29-30-31-32-36-40-44-49-54-59-64-69-74-88(93)101-80-86(107-90(95)76-71-66-61-56-51-46-41-37-34-33-35-39-43-47-52-57-62-67-72-83(4)5)82-105-109(98,99)103-78-84(91)77-102-108(96,97)104-81-85(79-100-87(92)73-68-63-58-53-48-42-26-23-20-17-14-11-8-3)106-89(94)75-70-65-60-55-50-45-38-28-25-22-19-16-13-10-7-2/h22,25,28,38,83-86,91H,6-21,23-24,26-27,29-37,39-82H2,1-5H3,(H,96,97)(H,98,99)/b25-22-,38-28-/t84-,85+,86+/m0/s1. The molecule has 0 amide bonds. The van der Waals surface area contributed by atoms with Crippen LogP contribution >= 0.6 is 15.6 Å². The van der Waals surface area contributed by atoms with Gasteiger partial charge < -0.3 is 33.8 Å². The summed E-state index contributed by atoms with van der Waals surface area (Å²) in [7, 11) is -9.95. The molecular weight excluding hydrogens is 1410 g/mol. The minimum atomic E-state index is -4.97. The first-order valence-electron chi connectivity index (χ1n) is 46.0. The van der Waals surface area contributed by atoms with E-state index in [-0.39, 0.29) is 25.7 Å². The SMILES string of the molecule is CCCCCC/C=C\C=C/CCCCCCCC(=O)O[C@H](COC(=O)CCCCCCCCCCCCCCC)COP(=O)(O)OC[C@H](O)COP(=O)(O)OC[C@@H](COC(=O)CCCCCCCCCCCCCCCCCCCCCC)OC(=O)CCCCCCCCCCCCCCCCCCCCC(C)C. The molecule has 0 bridgehead atoms. The fourth-order valence-electron chi connectivity index (χ4n) is 13.6. The first-order valence-corrected chi connectivity index (χ1v) is 48.9. The summed E-state index contributed by atoms with van der Waals surface area (Å²) < 4.78 is 69.0. The van der Waals surface area contributed by atoms with Gasteiger partial charge >= 0.3 is 39.5 Å². The van der Waals surface area contributed by atoms with Crippen molar-refractivity contribution in [2.75, 3.05) is 39.6 Å². The van der Waals surface area contributed by atoms with Gasteiger partial charge in [0.2, 0.25) is 0 Å². The number of aliphatic hydroxyl groups excluding tert-OH is 1. The summed E-state index contributed by atoms with van der Waals surface area (Å²) in [5.74, 6) is -1.31. The fraction of sp³-hybridized carbons (Fsp3) is 0.911. The molecule has 5 atom stereocenters. The topological polar surface area (TPSA) is 237 Å². The molecule has 0 aliphatic rings. The monoisotopic (exact) mass is 1590 g/mol. The summed E-state index contributed by atoms with van der Waals surface area (Å²) >= 11 is 0. The van der Waals surface area contributed by atoms with Gasteiger partial charge in [-0.25, -0.2) is 9.13 Å². The van der Waals surface area contributed by atoms with Gasteiger partial charge in [0, 0.05) is 25.7 Å². The number of carbonyl (C=O) groups is 4. The molecule has 0 aromatic heterocycles. The lowest BCUT2D eigenvalue weighted by molar-refractivity contribution is -0.161. The molecule has 0 saturated heterocycles. The van der Waals surface area contributed by atoms with E-state index < -0.39 is 97.5 Å². The third kappa shape index (κ3) is 83.3. The largest absolute Gasteiger partial charge is 0.472 e. The van der Waals surface area contributed by atoms with Gasteiger partial charge in [0.05, 0.1) is 26.4 Å². The lowest BCUT2D eigenvalue weighted by atomic mass is 10.0. The van der Waals surface area contributed by atoms with Gasteiger partial charge in [-0.05, 0) is 57.3 Å². The van der Waals surface area contributed by atoms with Crippen molar-refractivity contribution >= 4 is 39.5 Å². The van der Waals surface area contributed by atoms with Crippen LogP contribution in [0.2, 0.25) is 0 Å². The minimum absolute atomic E-state index is 0.0860. The molecule has 0 heterocycles. The molecule has 0 rings (SSSR count). The van der Waals surface area contributed by atoms with E-state index in [1.54, 1.807) is 0 Å². The van der Waals surface area contributed by atoms with Gasteiger partial charge in [-0.15, -0.1) is 0 Å². The van der Waals surface area contributed by atoms with Gasteiger partial charge in [0.15, 0.2) is 12.2 Å². The van der Waals surface area contributed by atoms with Gasteiger partial charge in [-0.3, -0.25) is 37.3 Å². The zero-order valence-corrected chi connectivity index (χ0v) is 73.0. The van der Waals surface area contributed by atoms with Gasteiger partial charge in [-0.2, -0.15) is 0 Å². The Labute approximate surface area is 669 Å². The molecule has 0 fully saturated rings. The molecule has 0 aliphatic carbocycles. The molecule has 2 unspecified atom stereocenters. The number of rotatable bonds is 88. The van der Waals surface area contributed by atoms with Crippen LogP contribution in [0.15, 0.2) is 24.3 Å². The first-order chi connectivity index (χ1) is 53.0. The van der Waals surface area contributed by atoms with Crippen LogP contribution in [-0.2, 0) is 65.4 Å². The lowest BCUT2D eigenvalue weighted by Gasteiger charge is -2.21. The van der Waals surface area contributed by atoms with Crippen LogP contribution < -0.4 is 0 Å². The van der Waals surface area contributed by atoms with Crippen LogP contribution in [0.3, 0.4) is 0 Å². The molecule has 0 spiro atoms. The Morgan fingerprint density at radius 2 is 0.495 bits per heavy atom. The summed E-state index contributed by atoms with van der Waals surface area (Å²) in [5, 5.41) is 10.7. The van der Waals surface area contributed by atoms with Crippen molar-refractivity contribution in [3.63, 3.8) is 0 Å². The van der Waals surface area contributed by atoms with E-state index in [1.807, 2.05) is 0 Å². The average molecular weight is 1590 g/mol. The quantitative estimate of drug-likeness (QED) is 0.0169. The highest BCUT2D eigenvalue weighted by molar-refractivity contribution is 7.47. The van der Waals surface area contributed by atoms with Gasteiger partial charge in [-0.1, -0.05) is 412 Å². The molecule has 17 nitrogen and oxygen atoms in total. The van der Waals surface area contributed by atoms with Crippen LogP contribution in [0.1, 0.15) is 465 Å². The van der Waals surface area contributed by atoms with Crippen LogP contribution in [0, 0.1) is 5.92 Å². The van der Waals surface area contributed by atoms with Crippen molar-refractivity contribution < 1.29 is 80.2 Å². The summed E-state index contributed by atoms with van der Waals surface area (Å²) in [6, 6.07) is 0. The van der Waals surface area contributed by atoms with Crippen LogP contribution in [0.4, 0.5) is 0 Å². The number of esters is 4. The second-order valence-corrected chi connectivity index (χ2v) is 35.0. The fourth-order valence-corrected chi connectivity index (χ4v) is 15.2. The Kier molecular flexibility index (Phi) is 80.2.